The summed E-state index contributed by atoms with van der Waals surface area (Å²) in [5.41, 5.74) is 10.2. The molecule has 0 radical (unpaired) electrons. The summed E-state index contributed by atoms with van der Waals surface area (Å²) >= 11 is 0. The van der Waals surface area contributed by atoms with Gasteiger partial charge in [-0.1, -0.05) is 76.2 Å². The van der Waals surface area contributed by atoms with Crippen LogP contribution in [0.4, 0.5) is 11.4 Å². The second-order valence-electron chi connectivity index (χ2n) is 14.0. The lowest BCUT2D eigenvalue weighted by Gasteiger charge is -2.15. The number of epoxide rings is 2. The Hall–Kier alpha value is -5.94. The number of rotatable bonds is 8. The average molecular weight is 745 g/mol. The SMILES string of the molecule is C=C.CC(C)c1ccc(-c2cc(NC(=O)[C@@H]3CO3)c(C#N)c3c2OCC3)cc1.CC(C)c1ccc(-c2cc(NC=O)c(C#N)c3c2OCC3)cc1.C[C@@H]1CO1.[HH].[HH]. The van der Waals surface area contributed by atoms with Crippen molar-refractivity contribution in [3.8, 4) is 45.9 Å². The maximum Gasteiger partial charge on any atom is 0.255 e. The van der Waals surface area contributed by atoms with Crippen LogP contribution in [0.25, 0.3) is 22.3 Å². The van der Waals surface area contributed by atoms with Crippen LogP contribution in [-0.2, 0) is 31.9 Å². The van der Waals surface area contributed by atoms with Crippen LogP contribution in [0, 0.1) is 22.7 Å². The van der Waals surface area contributed by atoms with E-state index >= 15 is 0 Å². The van der Waals surface area contributed by atoms with Crippen molar-refractivity contribution in [3.05, 3.63) is 107 Å². The Balaban J connectivity index is 0.000000260. The van der Waals surface area contributed by atoms with E-state index < -0.39 is 6.10 Å². The Labute approximate surface area is 326 Å². The van der Waals surface area contributed by atoms with Crippen LogP contribution in [0.1, 0.15) is 82.7 Å². The van der Waals surface area contributed by atoms with E-state index in [0.717, 1.165) is 51.5 Å². The Morgan fingerprint density at radius 2 is 1.20 bits per heavy atom. The van der Waals surface area contributed by atoms with Crippen molar-refractivity contribution in [1.82, 2.24) is 0 Å². The number of fused-ring (bicyclic) bond motifs is 2. The molecule has 0 unspecified atom stereocenters. The van der Waals surface area contributed by atoms with Gasteiger partial charge in [-0.3, -0.25) is 9.59 Å². The van der Waals surface area contributed by atoms with Crippen molar-refractivity contribution in [2.75, 3.05) is 37.1 Å². The summed E-state index contributed by atoms with van der Waals surface area (Å²) in [6, 6.07) is 24.7. The van der Waals surface area contributed by atoms with Gasteiger partial charge < -0.3 is 29.6 Å². The summed E-state index contributed by atoms with van der Waals surface area (Å²) in [7, 11) is 0. The first-order valence-electron chi connectivity index (χ1n) is 18.5. The number of nitriles is 2. The normalized spacial score (nSPS) is 16.4. The first-order chi connectivity index (χ1) is 26.6. The summed E-state index contributed by atoms with van der Waals surface area (Å²) in [5, 5.41) is 24.5. The molecule has 55 heavy (non-hydrogen) atoms. The first kappa shape index (κ1) is 40.2. The number of nitrogens with one attached hydrogen (secondary N) is 2. The number of ether oxygens (including phenoxy) is 4. The number of hydrogen-bond donors (Lipinski definition) is 2. The minimum Gasteiger partial charge on any atom is -0.492 e. The maximum atomic E-state index is 12.1. The zero-order chi connectivity index (χ0) is 39.6. The van der Waals surface area contributed by atoms with E-state index in [1.54, 1.807) is 0 Å². The van der Waals surface area contributed by atoms with Crippen molar-refractivity contribution in [3.63, 3.8) is 0 Å². The minimum absolute atomic E-state index is 0. The van der Waals surface area contributed by atoms with Gasteiger partial charge in [0.15, 0.2) is 6.10 Å². The number of amides is 2. The summed E-state index contributed by atoms with van der Waals surface area (Å²) in [6.45, 7) is 19.2. The fraction of sp³-hybridized carbons (Fsp3) is 0.333. The van der Waals surface area contributed by atoms with E-state index in [9.17, 15) is 20.1 Å². The largest absolute Gasteiger partial charge is 0.492 e. The van der Waals surface area contributed by atoms with Gasteiger partial charge in [-0.2, -0.15) is 10.5 Å². The number of anilines is 2. The smallest absolute Gasteiger partial charge is 0.255 e. The van der Waals surface area contributed by atoms with Crippen LogP contribution in [0.2, 0.25) is 0 Å². The predicted molar refractivity (Wildman–Crippen MR) is 219 cm³/mol. The molecule has 2 saturated heterocycles. The van der Waals surface area contributed by atoms with Gasteiger partial charge in [0.05, 0.1) is 55.0 Å². The van der Waals surface area contributed by atoms with Gasteiger partial charge in [0.2, 0.25) is 6.41 Å². The second kappa shape index (κ2) is 18.4. The minimum atomic E-state index is -0.403. The first-order valence-corrected chi connectivity index (χ1v) is 18.5. The van der Waals surface area contributed by atoms with E-state index in [4.69, 9.17) is 18.9 Å². The third-order valence-corrected chi connectivity index (χ3v) is 9.55. The zero-order valence-corrected chi connectivity index (χ0v) is 32.2. The molecule has 4 heterocycles. The van der Waals surface area contributed by atoms with Gasteiger partial charge in [-0.25, -0.2) is 0 Å². The van der Waals surface area contributed by atoms with Crippen molar-refractivity contribution < 1.29 is 31.4 Å². The van der Waals surface area contributed by atoms with Gasteiger partial charge in [0.25, 0.3) is 5.91 Å². The monoisotopic (exact) mass is 744 g/mol. The molecule has 2 fully saturated rings. The lowest BCUT2D eigenvalue weighted by atomic mass is 9.94. The van der Waals surface area contributed by atoms with Crippen LogP contribution >= 0.6 is 0 Å². The van der Waals surface area contributed by atoms with Gasteiger partial charge in [0, 0.05) is 37.9 Å². The van der Waals surface area contributed by atoms with Gasteiger partial charge in [0.1, 0.15) is 23.6 Å². The average Bonchev–Trinajstić information content (AvgIpc) is 4.11. The Morgan fingerprint density at radius 3 is 1.56 bits per heavy atom. The summed E-state index contributed by atoms with van der Waals surface area (Å²) in [4.78, 5) is 23.0. The molecule has 4 aromatic rings. The molecule has 4 aliphatic heterocycles. The fourth-order valence-corrected chi connectivity index (χ4v) is 6.32. The molecule has 0 aromatic heterocycles. The van der Waals surface area contributed by atoms with Crippen LogP contribution in [-0.4, -0.2) is 51.0 Å². The molecular formula is C45H52N4O6. The highest BCUT2D eigenvalue weighted by Crippen LogP contribution is 2.44. The molecule has 2 atom stereocenters. The number of hydrogen-bond acceptors (Lipinski definition) is 8. The zero-order valence-electron chi connectivity index (χ0n) is 32.2. The highest BCUT2D eigenvalue weighted by molar-refractivity contribution is 5.98. The van der Waals surface area contributed by atoms with Gasteiger partial charge >= 0.3 is 0 Å². The molecule has 4 aliphatic rings. The lowest BCUT2D eigenvalue weighted by molar-refractivity contribution is -0.117. The molecule has 10 nitrogen and oxygen atoms in total. The standard InChI is InChI=1S/C21H20N2O3.C19H18N2O2.C3H6O.C2H4.2H2/c1-12(2)13-3-5-14(6-4-13)16-9-18(23-21(24)19-11-26-19)17(10-22)15-7-8-25-20(15)16;1-12(2)13-3-5-14(6-4-13)16-9-18(21-11-22)17(10-20)15-7-8-23-19(15)16;1-3-2-4-3;1-2;;/h3-6,9,12,19H,7-8,11H2,1-2H3,(H,23,24);3-6,9,11-12H,7-8H2,1-2H3,(H,21,22);3H,2H2,1H3;1-2H2;2*1H/t19-;;3-;;;/m0.1.../s1. The topological polar surface area (TPSA) is 149 Å². The van der Waals surface area contributed by atoms with Crippen LogP contribution < -0.4 is 20.1 Å². The molecule has 4 aromatic carbocycles. The van der Waals surface area contributed by atoms with E-state index in [1.807, 2.05) is 12.1 Å². The number of benzene rings is 4. The molecule has 0 saturated carbocycles. The van der Waals surface area contributed by atoms with E-state index in [0.29, 0.717) is 79.5 Å². The second-order valence-corrected chi connectivity index (χ2v) is 14.0. The molecular weight excluding hydrogens is 693 g/mol. The van der Waals surface area contributed by atoms with Gasteiger partial charge in [-0.05, 0) is 53.1 Å². The lowest BCUT2D eigenvalue weighted by Crippen LogP contribution is -2.19. The quantitative estimate of drug-likeness (QED) is 0.103. The van der Waals surface area contributed by atoms with E-state index in [2.05, 4.69) is 119 Å². The van der Waals surface area contributed by atoms with Crippen molar-refractivity contribution in [1.29, 1.82) is 10.5 Å². The Kier molecular flexibility index (Phi) is 13.5. The molecule has 2 N–H and O–H groups in total. The van der Waals surface area contributed by atoms with E-state index in [-0.39, 0.29) is 8.76 Å². The molecule has 0 spiro atoms. The third kappa shape index (κ3) is 9.60. The third-order valence-electron chi connectivity index (χ3n) is 9.55. The molecule has 8 rings (SSSR count). The van der Waals surface area contributed by atoms with E-state index in [1.165, 1.54) is 11.1 Å². The van der Waals surface area contributed by atoms with Crippen molar-refractivity contribution in [2.45, 2.75) is 71.5 Å². The Morgan fingerprint density at radius 1 is 0.782 bits per heavy atom. The molecule has 0 bridgehead atoms. The number of carbonyl (C=O) groups is 2. The number of nitrogens with zero attached hydrogens (tertiary/aromatic N) is 2. The van der Waals surface area contributed by atoms with Crippen molar-refractivity contribution in [2.24, 2.45) is 0 Å². The highest BCUT2D eigenvalue weighted by Gasteiger charge is 2.33. The van der Waals surface area contributed by atoms with Crippen LogP contribution in [0.3, 0.4) is 0 Å². The predicted octanol–water partition coefficient (Wildman–Crippen LogP) is 9.17. The molecule has 10 heteroatoms. The maximum absolute atomic E-state index is 12.1. The van der Waals surface area contributed by atoms with Gasteiger partial charge in [-0.15, -0.1) is 13.2 Å². The number of carbonyl (C=O) groups excluding carboxylic acids is 2. The molecule has 0 aliphatic carbocycles. The van der Waals surface area contributed by atoms with Crippen LogP contribution in [0.15, 0.2) is 73.8 Å². The fourth-order valence-electron chi connectivity index (χ4n) is 6.32. The Bertz CT molecular complexity index is 2100. The van der Waals surface area contributed by atoms with Crippen molar-refractivity contribution >= 4 is 23.7 Å². The van der Waals surface area contributed by atoms with Crippen LogP contribution in [0.5, 0.6) is 11.5 Å². The summed E-state index contributed by atoms with van der Waals surface area (Å²) in [6.07, 6.45) is 2.13. The molecule has 288 valence electrons. The highest BCUT2D eigenvalue weighted by atomic mass is 16.6. The summed E-state index contributed by atoms with van der Waals surface area (Å²) < 4.78 is 21.4. The molecule has 2 amide bonds. The summed E-state index contributed by atoms with van der Waals surface area (Å²) in [5.74, 6) is 2.23.